The maximum Gasteiger partial charge on any atom is 0.124 e. The van der Waals surface area contributed by atoms with Crippen LogP contribution in [-0.4, -0.2) is 11.0 Å². The summed E-state index contributed by atoms with van der Waals surface area (Å²) in [7, 11) is 0. The van der Waals surface area contributed by atoms with Gasteiger partial charge >= 0.3 is 0 Å². The Labute approximate surface area is 113 Å². The van der Waals surface area contributed by atoms with E-state index < -0.39 is 0 Å². The van der Waals surface area contributed by atoms with E-state index in [0.717, 1.165) is 17.9 Å². The Balaban J connectivity index is 1.62. The molecule has 3 rings (SSSR count). The van der Waals surface area contributed by atoms with E-state index in [2.05, 4.69) is 22.4 Å². The van der Waals surface area contributed by atoms with Gasteiger partial charge in [-0.25, -0.2) is 0 Å². The molecule has 1 aromatic heterocycles. The molecule has 3 heteroatoms. The molecule has 3 nitrogen and oxygen atoms in total. The number of nitrogens with one attached hydrogen (secondary N) is 1. The largest absolute Gasteiger partial charge is 0.489 e. The van der Waals surface area contributed by atoms with Crippen LogP contribution in [0.1, 0.15) is 24.0 Å². The number of ether oxygens (including phenoxy) is 1. The van der Waals surface area contributed by atoms with Gasteiger partial charge in [-0.05, 0) is 25.0 Å². The van der Waals surface area contributed by atoms with Crippen molar-refractivity contribution < 1.29 is 4.74 Å². The first kappa shape index (κ1) is 12.2. The Morgan fingerprint density at radius 2 is 2.05 bits per heavy atom. The smallest absolute Gasteiger partial charge is 0.124 e. The summed E-state index contributed by atoms with van der Waals surface area (Å²) in [6.07, 6.45) is 6.22. The number of nitrogens with zero attached hydrogens (tertiary/aromatic N) is 1. The lowest BCUT2D eigenvalue weighted by Gasteiger charge is -2.11. The average Bonchev–Trinajstić information content (AvgIpc) is 3.29. The monoisotopic (exact) mass is 254 g/mol. The molecule has 1 N–H and O–H groups in total. The zero-order valence-electron chi connectivity index (χ0n) is 10.9. The molecule has 0 radical (unpaired) electrons. The maximum atomic E-state index is 5.90. The minimum atomic E-state index is 0.564. The lowest BCUT2D eigenvalue weighted by Crippen LogP contribution is -2.16. The molecule has 1 heterocycles. The predicted octanol–water partition coefficient (Wildman–Crippen LogP) is 2.91. The number of pyridine rings is 1. The molecular formula is C16H18N2O. The van der Waals surface area contributed by atoms with Crippen molar-refractivity contribution in [1.82, 2.24) is 10.3 Å². The highest BCUT2D eigenvalue weighted by Crippen LogP contribution is 2.23. The third-order valence-corrected chi connectivity index (χ3v) is 3.25. The van der Waals surface area contributed by atoms with Gasteiger partial charge in [-0.2, -0.15) is 0 Å². The van der Waals surface area contributed by atoms with Gasteiger partial charge in [0, 0.05) is 36.1 Å². The molecule has 1 aromatic carbocycles. The molecule has 0 amide bonds. The highest BCUT2D eigenvalue weighted by molar-refractivity contribution is 5.33. The standard InChI is InChI=1S/C16H18N2O/c1-2-6-16(14(5-1)11-18-15-7-8-15)19-12-13-4-3-9-17-10-13/h1-6,9-10,15,18H,7-8,11-12H2. The van der Waals surface area contributed by atoms with Gasteiger partial charge in [-0.3, -0.25) is 4.98 Å². The van der Waals surface area contributed by atoms with Crippen molar-refractivity contribution >= 4 is 0 Å². The number of benzene rings is 1. The first-order valence-corrected chi connectivity index (χ1v) is 6.75. The first-order valence-electron chi connectivity index (χ1n) is 6.75. The summed E-state index contributed by atoms with van der Waals surface area (Å²) in [5.74, 6) is 0.958. The highest BCUT2D eigenvalue weighted by Gasteiger charge is 2.20. The van der Waals surface area contributed by atoms with Crippen LogP contribution in [-0.2, 0) is 13.2 Å². The van der Waals surface area contributed by atoms with E-state index >= 15 is 0 Å². The zero-order valence-corrected chi connectivity index (χ0v) is 10.9. The zero-order chi connectivity index (χ0) is 12.9. The van der Waals surface area contributed by atoms with Gasteiger partial charge in [-0.15, -0.1) is 0 Å². The molecule has 0 saturated heterocycles. The summed E-state index contributed by atoms with van der Waals surface area (Å²) in [6.45, 7) is 1.45. The molecule has 0 aliphatic heterocycles. The van der Waals surface area contributed by atoms with Crippen molar-refractivity contribution in [3.05, 3.63) is 59.9 Å². The first-order chi connectivity index (χ1) is 9.42. The molecule has 0 atom stereocenters. The van der Waals surface area contributed by atoms with E-state index in [9.17, 15) is 0 Å². The number of para-hydroxylation sites is 1. The molecule has 19 heavy (non-hydrogen) atoms. The van der Waals surface area contributed by atoms with Crippen molar-refractivity contribution in [3.63, 3.8) is 0 Å². The Bertz CT molecular complexity index is 523. The average molecular weight is 254 g/mol. The van der Waals surface area contributed by atoms with Gasteiger partial charge in [0.15, 0.2) is 0 Å². The van der Waals surface area contributed by atoms with Crippen molar-refractivity contribution in [2.45, 2.75) is 32.0 Å². The molecule has 0 unspecified atom stereocenters. The lowest BCUT2D eigenvalue weighted by atomic mass is 10.2. The Kier molecular flexibility index (Phi) is 3.75. The minimum Gasteiger partial charge on any atom is -0.489 e. The van der Waals surface area contributed by atoms with E-state index in [1.54, 1.807) is 6.20 Å². The second kappa shape index (κ2) is 5.85. The lowest BCUT2D eigenvalue weighted by molar-refractivity contribution is 0.301. The van der Waals surface area contributed by atoms with Crippen LogP contribution in [0, 0.1) is 0 Å². The summed E-state index contributed by atoms with van der Waals surface area (Å²) < 4.78 is 5.90. The van der Waals surface area contributed by atoms with Gasteiger partial charge in [0.1, 0.15) is 12.4 Å². The van der Waals surface area contributed by atoms with Crippen LogP contribution in [0.5, 0.6) is 5.75 Å². The molecule has 1 aliphatic rings. The molecule has 1 fully saturated rings. The fraction of sp³-hybridized carbons (Fsp3) is 0.312. The van der Waals surface area contributed by atoms with Gasteiger partial charge in [-0.1, -0.05) is 24.3 Å². The van der Waals surface area contributed by atoms with E-state index in [1.165, 1.54) is 18.4 Å². The van der Waals surface area contributed by atoms with E-state index in [4.69, 9.17) is 4.74 Å². The summed E-state index contributed by atoms with van der Waals surface area (Å²) in [4.78, 5) is 4.09. The van der Waals surface area contributed by atoms with Crippen LogP contribution < -0.4 is 10.1 Å². The molecule has 1 saturated carbocycles. The Morgan fingerprint density at radius 3 is 2.84 bits per heavy atom. The molecule has 0 bridgehead atoms. The van der Waals surface area contributed by atoms with Crippen molar-refractivity contribution in [3.8, 4) is 5.75 Å². The van der Waals surface area contributed by atoms with Crippen LogP contribution >= 0.6 is 0 Å². The van der Waals surface area contributed by atoms with Crippen molar-refractivity contribution in [1.29, 1.82) is 0 Å². The second-order valence-corrected chi connectivity index (χ2v) is 4.91. The fourth-order valence-corrected chi connectivity index (χ4v) is 1.98. The maximum absolute atomic E-state index is 5.90. The topological polar surface area (TPSA) is 34.1 Å². The third kappa shape index (κ3) is 3.55. The Hall–Kier alpha value is -1.87. The SMILES string of the molecule is c1cncc(COc2ccccc2CNC2CC2)c1. The predicted molar refractivity (Wildman–Crippen MR) is 74.9 cm³/mol. The third-order valence-electron chi connectivity index (χ3n) is 3.25. The van der Waals surface area contributed by atoms with E-state index in [-0.39, 0.29) is 0 Å². The number of hydrogen-bond acceptors (Lipinski definition) is 3. The quantitative estimate of drug-likeness (QED) is 0.860. The minimum absolute atomic E-state index is 0.564. The van der Waals surface area contributed by atoms with Crippen LogP contribution in [0.2, 0.25) is 0 Å². The normalized spacial score (nSPS) is 14.3. The molecule has 1 aliphatic carbocycles. The molecule has 0 spiro atoms. The Morgan fingerprint density at radius 1 is 1.16 bits per heavy atom. The molecule has 2 aromatic rings. The summed E-state index contributed by atoms with van der Waals surface area (Å²) in [5, 5.41) is 3.52. The van der Waals surface area contributed by atoms with Gasteiger partial charge in [0.2, 0.25) is 0 Å². The van der Waals surface area contributed by atoms with Crippen LogP contribution in [0.3, 0.4) is 0 Å². The fourth-order valence-electron chi connectivity index (χ4n) is 1.98. The van der Waals surface area contributed by atoms with E-state index in [0.29, 0.717) is 12.6 Å². The van der Waals surface area contributed by atoms with Crippen LogP contribution in [0.25, 0.3) is 0 Å². The summed E-state index contributed by atoms with van der Waals surface area (Å²) >= 11 is 0. The molecule has 98 valence electrons. The van der Waals surface area contributed by atoms with Gasteiger partial charge in [0.05, 0.1) is 0 Å². The van der Waals surface area contributed by atoms with Gasteiger partial charge < -0.3 is 10.1 Å². The highest BCUT2D eigenvalue weighted by atomic mass is 16.5. The number of hydrogen-bond donors (Lipinski definition) is 1. The number of aromatic nitrogens is 1. The van der Waals surface area contributed by atoms with Crippen molar-refractivity contribution in [2.75, 3.05) is 0 Å². The van der Waals surface area contributed by atoms with Crippen LogP contribution in [0.15, 0.2) is 48.8 Å². The summed E-state index contributed by atoms with van der Waals surface area (Å²) in [6, 6.07) is 12.9. The second-order valence-electron chi connectivity index (χ2n) is 4.91. The van der Waals surface area contributed by atoms with Gasteiger partial charge in [0.25, 0.3) is 0 Å². The van der Waals surface area contributed by atoms with Crippen LogP contribution in [0.4, 0.5) is 0 Å². The summed E-state index contributed by atoms with van der Waals surface area (Å²) in [5.41, 5.74) is 2.31. The van der Waals surface area contributed by atoms with Crippen molar-refractivity contribution in [2.24, 2.45) is 0 Å². The number of rotatable bonds is 6. The molecular weight excluding hydrogens is 236 g/mol. The van der Waals surface area contributed by atoms with E-state index in [1.807, 2.05) is 30.5 Å².